The molecule has 0 amide bonds. The second-order valence-corrected chi connectivity index (χ2v) is 11.6. The van der Waals surface area contributed by atoms with Crippen LogP contribution in [0.15, 0.2) is 28.5 Å². The smallest absolute Gasteiger partial charge is 0.340 e. The molecule has 1 unspecified atom stereocenters. The fourth-order valence-corrected chi connectivity index (χ4v) is 8.15. The molecule has 0 spiro atoms. The van der Waals surface area contributed by atoms with Gasteiger partial charge in [-0.05, 0) is 55.9 Å². The highest BCUT2D eigenvalue weighted by Gasteiger charge is 2.38. The lowest BCUT2D eigenvalue weighted by atomic mass is 10.00. The number of sulfonamides is 1. The number of carbonyl (C=O) groups is 1. The number of ether oxygens (including phenoxy) is 2. The summed E-state index contributed by atoms with van der Waals surface area (Å²) in [7, 11) is -0.720. The second kappa shape index (κ2) is 9.51. The van der Waals surface area contributed by atoms with Gasteiger partial charge in [-0.15, -0.1) is 11.3 Å². The molecule has 0 bridgehead atoms. The summed E-state index contributed by atoms with van der Waals surface area (Å²) in [4.78, 5) is 15.9. The number of hydrogen-bond donors (Lipinski definition) is 0. The van der Waals surface area contributed by atoms with Crippen molar-refractivity contribution in [1.82, 2.24) is 9.21 Å². The Morgan fingerprint density at radius 2 is 1.94 bits per heavy atom. The molecule has 4 rings (SSSR count). The van der Waals surface area contributed by atoms with E-state index in [-0.39, 0.29) is 15.8 Å². The van der Waals surface area contributed by atoms with Gasteiger partial charge in [-0.1, -0.05) is 12.1 Å². The predicted molar refractivity (Wildman–Crippen MR) is 124 cm³/mol. The number of nitrogens with zero attached hydrogens (tertiary/aromatic N) is 2. The largest absolute Gasteiger partial charge is 0.497 e. The van der Waals surface area contributed by atoms with Crippen molar-refractivity contribution in [3.63, 3.8) is 0 Å². The van der Waals surface area contributed by atoms with E-state index in [1.54, 1.807) is 7.11 Å². The molecular weight excluding hydrogens is 448 g/mol. The van der Waals surface area contributed by atoms with E-state index in [1.165, 1.54) is 28.3 Å². The lowest BCUT2D eigenvalue weighted by Gasteiger charge is -2.32. The minimum Gasteiger partial charge on any atom is -0.497 e. The fraction of sp³-hybridized carbons (Fsp3) is 0.522. The predicted octanol–water partition coefficient (Wildman–Crippen LogP) is 3.32. The molecule has 1 aromatic heterocycles. The lowest BCUT2D eigenvalue weighted by molar-refractivity contribution is 0.0595. The van der Waals surface area contributed by atoms with E-state index >= 15 is 0 Å². The summed E-state index contributed by atoms with van der Waals surface area (Å²) in [6.45, 7) is 4.60. The first kappa shape index (κ1) is 23.2. The van der Waals surface area contributed by atoms with Gasteiger partial charge in [0.05, 0.1) is 19.8 Å². The minimum atomic E-state index is -3.69. The Morgan fingerprint density at radius 3 is 2.62 bits per heavy atom. The van der Waals surface area contributed by atoms with Crippen LogP contribution in [0.4, 0.5) is 0 Å². The topological polar surface area (TPSA) is 76.2 Å². The third-order valence-electron chi connectivity index (χ3n) is 6.37. The van der Waals surface area contributed by atoms with Gasteiger partial charge in [0.15, 0.2) is 0 Å². The molecule has 174 valence electrons. The number of esters is 1. The maximum atomic E-state index is 13.3. The molecular formula is C23H30N2O5S2. The summed E-state index contributed by atoms with van der Waals surface area (Å²) in [5.74, 6) is 0.284. The summed E-state index contributed by atoms with van der Waals surface area (Å²) < 4.78 is 38.6. The third kappa shape index (κ3) is 4.44. The zero-order valence-corrected chi connectivity index (χ0v) is 20.4. The van der Waals surface area contributed by atoms with Gasteiger partial charge in [0.2, 0.25) is 0 Å². The highest BCUT2D eigenvalue weighted by atomic mass is 32.2. The van der Waals surface area contributed by atoms with Crippen LogP contribution >= 0.6 is 11.3 Å². The standard InChI is InChI=1S/C23H30N2O5S2/c1-16(13-17-7-6-8-18(14-17)29-2)24-12-9-19-20(15-24)31-23(21(19)22(26)30-3)32(27,28)25-10-4-5-11-25/h6-8,14,16H,4-5,9-13,15H2,1-3H3. The molecule has 2 aliphatic rings. The van der Waals surface area contributed by atoms with Crippen molar-refractivity contribution in [3.05, 3.63) is 45.8 Å². The Labute approximate surface area is 194 Å². The fourth-order valence-electron chi connectivity index (χ4n) is 4.58. The summed E-state index contributed by atoms with van der Waals surface area (Å²) in [6, 6.07) is 8.33. The van der Waals surface area contributed by atoms with Gasteiger partial charge >= 0.3 is 5.97 Å². The molecule has 1 aromatic carbocycles. The molecule has 3 heterocycles. The van der Waals surface area contributed by atoms with E-state index in [9.17, 15) is 13.2 Å². The number of benzene rings is 1. The Kier molecular flexibility index (Phi) is 6.90. The average Bonchev–Trinajstić information content (AvgIpc) is 3.47. The van der Waals surface area contributed by atoms with Gasteiger partial charge in [0, 0.05) is 37.1 Å². The normalized spacial score (nSPS) is 18.3. The van der Waals surface area contributed by atoms with Crippen LogP contribution in [-0.2, 0) is 34.1 Å². The van der Waals surface area contributed by atoms with E-state index in [0.717, 1.165) is 42.0 Å². The number of hydrogen-bond acceptors (Lipinski definition) is 7. The molecule has 1 saturated heterocycles. The van der Waals surface area contributed by atoms with Crippen LogP contribution in [0.25, 0.3) is 0 Å². The molecule has 7 nitrogen and oxygen atoms in total. The number of methoxy groups -OCH3 is 2. The van der Waals surface area contributed by atoms with Crippen LogP contribution in [0.2, 0.25) is 0 Å². The number of rotatable bonds is 7. The zero-order valence-electron chi connectivity index (χ0n) is 18.8. The van der Waals surface area contributed by atoms with Crippen molar-refractivity contribution in [2.45, 2.75) is 49.4 Å². The van der Waals surface area contributed by atoms with Crippen molar-refractivity contribution in [2.75, 3.05) is 33.9 Å². The molecule has 1 atom stereocenters. The van der Waals surface area contributed by atoms with Crippen molar-refractivity contribution in [3.8, 4) is 5.75 Å². The SMILES string of the molecule is COC(=O)c1c(S(=O)(=O)N2CCCC2)sc2c1CCN(C(C)Cc1cccc(OC)c1)C2. The summed E-state index contributed by atoms with van der Waals surface area (Å²) in [5, 5.41) is 0. The van der Waals surface area contributed by atoms with E-state index in [4.69, 9.17) is 9.47 Å². The first-order valence-electron chi connectivity index (χ1n) is 10.9. The molecule has 0 saturated carbocycles. The average molecular weight is 479 g/mol. The number of thiophene rings is 1. The molecule has 2 aromatic rings. The lowest BCUT2D eigenvalue weighted by Crippen LogP contribution is -2.38. The van der Waals surface area contributed by atoms with Gasteiger partial charge in [0.1, 0.15) is 9.96 Å². The molecule has 2 aliphatic heterocycles. The van der Waals surface area contributed by atoms with Crippen LogP contribution in [0, 0.1) is 0 Å². The van der Waals surface area contributed by atoms with Crippen molar-refractivity contribution in [2.24, 2.45) is 0 Å². The highest BCUT2D eigenvalue weighted by Crippen LogP contribution is 2.39. The first-order chi connectivity index (χ1) is 15.3. The first-order valence-corrected chi connectivity index (χ1v) is 13.2. The maximum absolute atomic E-state index is 13.3. The summed E-state index contributed by atoms with van der Waals surface area (Å²) >= 11 is 1.24. The highest BCUT2D eigenvalue weighted by molar-refractivity contribution is 7.91. The van der Waals surface area contributed by atoms with Crippen LogP contribution < -0.4 is 4.74 Å². The Morgan fingerprint density at radius 1 is 1.19 bits per heavy atom. The van der Waals surface area contributed by atoms with E-state index in [1.807, 2.05) is 18.2 Å². The Balaban J connectivity index is 1.60. The molecule has 9 heteroatoms. The summed E-state index contributed by atoms with van der Waals surface area (Å²) in [5.41, 5.74) is 2.28. The Bertz CT molecular complexity index is 1090. The van der Waals surface area contributed by atoms with Gasteiger partial charge in [-0.25, -0.2) is 13.2 Å². The van der Waals surface area contributed by atoms with E-state index in [0.29, 0.717) is 26.1 Å². The van der Waals surface area contributed by atoms with E-state index < -0.39 is 16.0 Å². The second-order valence-electron chi connectivity index (χ2n) is 8.39. The Hall–Kier alpha value is -1.94. The van der Waals surface area contributed by atoms with E-state index in [2.05, 4.69) is 17.9 Å². The quantitative estimate of drug-likeness (QED) is 0.569. The van der Waals surface area contributed by atoms with Crippen LogP contribution in [0.1, 0.15) is 46.1 Å². The minimum absolute atomic E-state index is 0.151. The molecule has 0 aliphatic carbocycles. The van der Waals surface area contributed by atoms with Gasteiger partial charge in [-0.3, -0.25) is 4.90 Å². The zero-order chi connectivity index (χ0) is 22.9. The van der Waals surface area contributed by atoms with Crippen molar-refractivity contribution >= 4 is 27.3 Å². The van der Waals surface area contributed by atoms with Gasteiger partial charge in [-0.2, -0.15) is 4.31 Å². The third-order valence-corrected chi connectivity index (χ3v) is 9.98. The van der Waals surface area contributed by atoms with Crippen molar-refractivity contribution < 1.29 is 22.7 Å². The van der Waals surface area contributed by atoms with Crippen LogP contribution in [0.3, 0.4) is 0 Å². The van der Waals surface area contributed by atoms with Crippen molar-refractivity contribution in [1.29, 1.82) is 0 Å². The number of carbonyl (C=O) groups excluding carboxylic acids is 1. The van der Waals surface area contributed by atoms with Gasteiger partial charge < -0.3 is 9.47 Å². The number of fused-ring (bicyclic) bond motifs is 1. The van der Waals surface area contributed by atoms with Crippen LogP contribution in [0.5, 0.6) is 5.75 Å². The molecule has 0 radical (unpaired) electrons. The molecule has 0 N–H and O–H groups in total. The maximum Gasteiger partial charge on any atom is 0.340 e. The molecule has 32 heavy (non-hydrogen) atoms. The summed E-state index contributed by atoms with van der Waals surface area (Å²) in [6.07, 6.45) is 3.20. The van der Waals surface area contributed by atoms with Crippen LogP contribution in [-0.4, -0.2) is 63.5 Å². The monoisotopic (exact) mass is 478 g/mol. The molecule has 1 fully saturated rings. The van der Waals surface area contributed by atoms with Gasteiger partial charge in [0.25, 0.3) is 10.0 Å².